The minimum Gasteiger partial charge on any atom is -0.489 e. The number of nitrogens with zero attached hydrogens (tertiary/aromatic N) is 5. The van der Waals surface area contributed by atoms with Gasteiger partial charge < -0.3 is 19.9 Å². The van der Waals surface area contributed by atoms with E-state index >= 15 is 4.39 Å². The van der Waals surface area contributed by atoms with Crippen LogP contribution in [0, 0.1) is 17.1 Å². The van der Waals surface area contributed by atoms with E-state index in [9.17, 15) is 9.18 Å². The van der Waals surface area contributed by atoms with E-state index in [1.54, 1.807) is 4.90 Å². The van der Waals surface area contributed by atoms with Gasteiger partial charge in [0.2, 0.25) is 5.91 Å². The van der Waals surface area contributed by atoms with E-state index in [0.29, 0.717) is 34.2 Å². The number of hydrogen-bond acceptors (Lipinski definition) is 7. The molecule has 12 heteroatoms. The van der Waals surface area contributed by atoms with Crippen molar-refractivity contribution in [2.45, 2.75) is 25.4 Å². The van der Waals surface area contributed by atoms with E-state index in [4.69, 9.17) is 27.3 Å². The van der Waals surface area contributed by atoms with Crippen LogP contribution in [0.15, 0.2) is 52.2 Å². The van der Waals surface area contributed by atoms with Crippen molar-refractivity contribution in [3.05, 3.63) is 74.4 Å². The Balaban J connectivity index is 1.42. The normalized spacial score (nSPS) is 19.9. The highest BCUT2D eigenvalue weighted by Crippen LogP contribution is 2.44. The molecule has 0 spiro atoms. The molecule has 3 aliphatic heterocycles. The molecule has 0 radical (unpaired) electrons. The van der Waals surface area contributed by atoms with Gasteiger partial charge in [0.1, 0.15) is 24.0 Å². The Hall–Kier alpha value is -3.62. The molecule has 3 aliphatic rings. The fraction of sp³-hybridized carbons (Fsp3) is 0.250. The molecular formula is C24H19ClF2N6O2S. The zero-order chi connectivity index (χ0) is 25.6. The van der Waals surface area contributed by atoms with Crippen molar-refractivity contribution in [2.75, 3.05) is 13.2 Å². The second kappa shape index (κ2) is 9.44. The Morgan fingerprint density at radius 1 is 1.47 bits per heavy atom. The van der Waals surface area contributed by atoms with Gasteiger partial charge in [0.25, 0.3) is 0 Å². The molecular weight excluding hydrogens is 510 g/mol. The van der Waals surface area contributed by atoms with Crippen LogP contribution in [0.1, 0.15) is 23.9 Å². The van der Waals surface area contributed by atoms with Gasteiger partial charge >= 0.3 is 0 Å². The zero-order valence-corrected chi connectivity index (χ0v) is 20.4. The van der Waals surface area contributed by atoms with Gasteiger partial charge in [-0.3, -0.25) is 4.79 Å². The van der Waals surface area contributed by atoms with Crippen LogP contribution in [0.5, 0.6) is 5.75 Å². The van der Waals surface area contributed by atoms with E-state index < -0.39 is 11.6 Å². The number of halogens is 3. The second-order valence-corrected chi connectivity index (χ2v) is 9.85. The molecule has 5 rings (SSSR count). The maximum absolute atomic E-state index is 15.2. The van der Waals surface area contributed by atoms with Crippen molar-refractivity contribution in [1.82, 2.24) is 19.7 Å². The summed E-state index contributed by atoms with van der Waals surface area (Å²) in [6.45, 7) is 4.30. The third-order valence-electron chi connectivity index (χ3n) is 6.17. The first-order valence-electron chi connectivity index (χ1n) is 10.9. The van der Waals surface area contributed by atoms with Gasteiger partial charge in [-0.1, -0.05) is 36.0 Å². The summed E-state index contributed by atoms with van der Waals surface area (Å²) in [6, 6.07) is 2.95. The van der Waals surface area contributed by atoms with Crippen LogP contribution in [0.3, 0.4) is 0 Å². The van der Waals surface area contributed by atoms with Crippen LogP contribution in [-0.2, 0) is 17.8 Å². The number of carbonyl (C=O) groups excluding carboxylic acids is 1. The lowest BCUT2D eigenvalue weighted by Gasteiger charge is -2.32. The summed E-state index contributed by atoms with van der Waals surface area (Å²) in [5, 5.41) is 17.8. The van der Waals surface area contributed by atoms with Gasteiger partial charge in [-0.2, -0.15) is 5.26 Å². The fourth-order valence-electron chi connectivity index (χ4n) is 4.39. The number of fused-ring (bicyclic) bond motifs is 2. The van der Waals surface area contributed by atoms with Crippen molar-refractivity contribution < 1.29 is 18.3 Å². The van der Waals surface area contributed by atoms with Crippen LogP contribution in [0.25, 0.3) is 11.4 Å². The molecule has 2 N–H and O–H groups in total. The summed E-state index contributed by atoms with van der Waals surface area (Å²) < 4.78 is 37.6. The molecule has 8 nitrogen and oxygen atoms in total. The monoisotopic (exact) mass is 528 g/mol. The third-order valence-corrected chi connectivity index (χ3v) is 7.62. The largest absolute Gasteiger partial charge is 0.489 e. The number of nitrogens with two attached hydrogens (primary N) is 1. The molecule has 0 unspecified atom stereocenters. The van der Waals surface area contributed by atoms with Gasteiger partial charge in [-0.25, -0.2) is 8.78 Å². The van der Waals surface area contributed by atoms with E-state index in [1.165, 1.54) is 24.3 Å². The molecule has 0 fully saturated rings. The predicted octanol–water partition coefficient (Wildman–Crippen LogP) is 4.31. The molecule has 0 saturated heterocycles. The molecule has 0 bridgehead atoms. The highest BCUT2D eigenvalue weighted by molar-refractivity contribution is 8.07. The van der Waals surface area contributed by atoms with E-state index in [-0.39, 0.29) is 59.3 Å². The number of ether oxygens (including phenoxy) is 1. The Labute approximate surface area is 214 Å². The number of carbonyl (C=O) groups is 1. The van der Waals surface area contributed by atoms with Crippen molar-refractivity contribution in [1.29, 1.82) is 5.26 Å². The SMILES string of the molecule is C=CC(=O)N1Cc2nnc3n2[C@@H](COc2c-3cc(F)c(C/C=C\C(F)=C3/CC(C#N)=C(N)S3)c2Cl)C1. The number of rotatable bonds is 4. The summed E-state index contributed by atoms with van der Waals surface area (Å²) in [5.41, 5.74) is 6.55. The molecule has 0 aliphatic carbocycles. The molecule has 36 heavy (non-hydrogen) atoms. The molecule has 4 heterocycles. The number of thioether (sulfide) groups is 1. The lowest BCUT2D eigenvalue weighted by Crippen LogP contribution is -2.42. The van der Waals surface area contributed by atoms with Crippen LogP contribution in [0.4, 0.5) is 8.78 Å². The van der Waals surface area contributed by atoms with Gasteiger partial charge in [0.05, 0.1) is 39.8 Å². The van der Waals surface area contributed by atoms with Crippen molar-refractivity contribution in [3.8, 4) is 23.2 Å². The number of benzene rings is 1. The first kappa shape index (κ1) is 24.1. The van der Waals surface area contributed by atoms with Crippen LogP contribution in [0.2, 0.25) is 5.02 Å². The fourth-order valence-corrected chi connectivity index (χ4v) is 5.60. The van der Waals surface area contributed by atoms with E-state index in [2.05, 4.69) is 16.8 Å². The standard InChI is InChI=1S/C24H19ClF2N6O2S/c1-2-20(34)32-9-13-11-35-22-15(24-31-30-19(10-32)33(13)24)7-17(27)14(21(22)25)4-3-5-16(26)18-6-12(8-28)23(29)36-18/h2-3,5,7,13H,1,4,6,9-11,29H2/b5-3-,18-16-/t13-/m1/s1. The molecule has 2 aromatic rings. The molecule has 1 aromatic carbocycles. The summed E-state index contributed by atoms with van der Waals surface area (Å²) >= 11 is 7.59. The van der Waals surface area contributed by atoms with Gasteiger partial charge in [0, 0.05) is 23.4 Å². The van der Waals surface area contributed by atoms with Crippen LogP contribution in [-0.4, -0.2) is 38.7 Å². The first-order valence-corrected chi connectivity index (χ1v) is 12.1. The summed E-state index contributed by atoms with van der Waals surface area (Å²) in [4.78, 5) is 14.1. The Morgan fingerprint density at radius 2 is 2.28 bits per heavy atom. The second-order valence-electron chi connectivity index (χ2n) is 8.34. The highest BCUT2D eigenvalue weighted by Gasteiger charge is 2.36. The molecule has 1 atom stereocenters. The van der Waals surface area contributed by atoms with E-state index in [0.717, 1.165) is 11.8 Å². The zero-order valence-electron chi connectivity index (χ0n) is 18.8. The topological polar surface area (TPSA) is 110 Å². The van der Waals surface area contributed by atoms with Crippen molar-refractivity contribution >= 4 is 29.3 Å². The van der Waals surface area contributed by atoms with Crippen LogP contribution < -0.4 is 10.5 Å². The number of aromatic nitrogens is 3. The van der Waals surface area contributed by atoms with Gasteiger partial charge in [0.15, 0.2) is 11.6 Å². The van der Waals surface area contributed by atoms with Crippen molar-refractivity contribution in [3.63, 3.8) is 0 Å². The Morgan fingerprint density at radius 3 is 3.00 bits per heavy atom. The lowest BCUT2D eigenvalue weighted by atomic mass is 10.1. The number of allylic oxidation sites excluding steroid dienone is 5. The Bertz CT molecular complexity index is 1440. The number of nitriles is 1. The summed E-state index contributed by atoms with van der Waals surface area (Å²) in [7, 11) is 0. The lowest BCUT2D eigenvalue weighted by molar-refractivity contribution is -0.128. The molecule has 0 saturated carbocycles. The average Bonchev–Trinajstić information content (AvgIpc) is 3.43. The number of amides is 1. The third kappa shape index (κ3) is 4.06. The minimum atomic E-state index is -0.594. The molecule has 1 aromatic heterocycles. The maximum Gasteiger partial charge on any atom is 0.246 e. The molecule has 1 amide bonds. The summed E-state index contributed by atoms with van der Waals surface area (Å²) in [5.74, 6) is -0.151. The number of hydrogen-bond donors (Lipinski definition) is 1. The van der Waals surface area contributed by atoms with Gasteiger partial charge in [-0.05, 0) is 24.6 Å². The smallest absolute Gasteiger partial charge is 0.246 e. The quantitative estimate of drug-likeness (QED) is 0.589. The maximum atomic E-state index is 15.2. The highest BCUT2D eigenvalue weighted by atomic mass is 35.5. The van der Waals surface area contributed by atoms with Crippen molar-refractivity contribution in [2.24, 2.45) is 5.73 Å². The van der Waals surface area contributed by atoms with E-state index in [1.807, 2.05) is 10.6 Å². The average molecular weight is 529 g/mol. The van der Waals surface area contributed by atoms with Gasteiger partial charge in [-0.15, -0.1) is 10.2 Å². The Kier molecular flexibility index (Phi) is 6.32. The van der Waals surface area contributed by atoms with Crippen LogP contribution >= 0.6 is 23.4 Å². The molecule has 184 valence electrons. The first-order chi connectivity index (χ1) is 17.3. The predicted molar refractivity (Wildman–Crippen MR) is 131 cm³/mol. The summed E-state index contributed by atoms with van der Waals surface area (Å²) in [6.07, 6.45) is 4.04. The minimum absolute atomic E-state index is 0.00365.